The van der Waals surface area contributed by atoms with Crippen LogP contribution in [-0.2, 0) is 24.7 Å². The number of methoxy groups -OCH3 is 2. The van der Waals surface area contributed by atoms with E-state index in [4.69, 9.17) is 9.47 Å². The molecule has 1 amide bonds. The summed E-state index contributed by atoms with van der Waals surface area (Å²) in [6.07, 6.45) is -1.53. The highest BCUT2D eigenvalue weighted by molar-refractivity contribution is 9.10. The minimum Gasteiger partial charge on any atom is -0.375 e. The fraction of sp³-hybridized carbons (Fsp3) is 0.385. The van der Waals surface area contributed by atoms with Crippen LogP contribution in [0.25, 0.3) is 0 Å². The van der Waals surface area contributed by atoms with Crippen molar-refractivity contribution in [3.63, 3.8) is 0 Å². The van der Waals surface area contributed by atoms with Gasteiger partial charge in [0.2, 0.25) is 6.29 Å². The Kier molecular flexibility index (Phi) is 4.24. The van der Waals surface area contributed by atoms with Gasteiger partial charge in [0, 0.05) is 29.9 Å². The highest BCUT2D eigenvalue weighted by Crippen LogP contribution is 2.40. The first kappa shape index (κ1) is 15.1. The molecular weight excluding hydrogens is 330 g/mol. The van der Waals surface area contributed by atoms with E-state index in [0.717, 1.165) is 0 Å². The summed E-state index contributed by atoms with van der Waals surface area (Å²) in [5.41, 5.74) is -1.07. The van der Waals surface area contributed by atoms with Crippen LogP contribution in [-0.4, -0.2) is 37.3 Å². The molecule has 1 heterocycles. The summed E-state index contributed by atoms with van der Waals surface area (Å²) in [6.45, 7) is 0. The van der Waals surface area contributed by atoms with E-state index < -0.39 is 30.0 Å². The van der Waals surface area contributed by atoms with Gasteiger partial charge in [-0.25, -0.2) is 0 Å². The van der Waals surface area contributed by atoms with Crippen LogP contribution < -0.4 is 5.32 Å². The monoisotopic (exact) mass is 343 g/mol. The minimum absolute atomic E-state index is 0.358. The standard InChI is InChI=1S/C13H14BrNO5/c1-19-11(20-2)10(16)6-13(18)8-5-7(14)3-4-9(8)15-12(13)17/h3-5,11,18H,6H2,1-2H3,(H,15,17)/t13-/m1/s1. The van der Waals surface area contributed by atoms with Crippen LogP contribution in [0.3, 0.4) is 0 Å². The van der Waals surface area contributed by atoms with Crippen molar-refractivity contribution >= 4 is 33.3 Å². The van der Waals surface area contributed by atoms with E-state index in [1.54, 1.807) is 18.2 Å². The number of carbonyl (C=O) groups excluding carboxylic acids is 2. The van der Waals surface area contributed by atoms with Gasteiger partial charge in [-0.3, -0.25) is 9.59 Å². The zero-order valence-electron chi connectivity index (χ0n) is 11.0. The summed E-state index contributed by atoms with van der Waals surface area (Å²) in [5, 5.41) is 13.1. The van der Waals surface area contributed by atoms with Crippen molar-refractivity contribution in [2.45, 2.75) is 18.3 Å². The maximum absolute atomic E-state index is 12.0. The molecule has 1 atom stereocenters. The number of carbonyl (C=O) groups is 2. The molecule has 0 saturated carbocycles. The number of hydrogen-bond donors (Lipinski definition) is 2. The van der Waals surface area contributed by atoms with E-state index in [0.29, 0.717) is 15.7 Å². The lowest BCUT2D eigenvalue weighted by atomic mass is 9.90. The van der Waals surface area contributed by atoms with Crippen molar-refractivity contribution in [3.05, 3.63) is 28.2 Å². The molecule has 0 aliphatic carbocycles. The van der Waals surface area contributed by atoms with Crippen molar-refractivity contribution < 1.29 is 24.2 Å². The number of Topliss-reactive ketones (excluding diaryl/α,β-unsaturated/α-hetero) is 1. The van der Waals surface area contributed by atoms with Gasteiger partial charge < -0.3 is 19.9 Å². The van der Waals surface area contributed by atoms with E-state index in [1.165, 1.54) is 14.2 Å². The number of aliphatic hydroxyl groups is 1. The maximum atomic E-state index is 12.0. The third-order valence-corrected chi connectivity index (χ3v) is 3.67. The van der Waals surface area contributed by atoms with Crippen LogP contribution in [0.5, 0.6) is 0 Å². The first-order valence-corrected chi connectivity index (χ1v) is 6.64. The SMILES string of the molecule is COC(OC)C(=O)C[C@]1(O)C(=O)Nc2ccc(Br)cc21. The van der Waals surface area contributed by atoms with Gasteiger partial charge in [-0.15, -0.1) is 0 Å². The van der Waals surface area contributed by atoms with Crippen LogP contribution >= 0.6 is 15.9 Å². The highest BCUT2D eigenvalue weighted by Gasteiger charge is 2.47. The molecule has 1 aromatic rings. The molecule has 0 saturated heterocycles. The molecule has 6 nitrogen and oxygen atoms in total. The molecule has 1 aliphatic heterocycles. The molecule has 20 heavy (non-hydrogen) atoms. The summed E-state index contributed by atoms with van der Waals surface area (Å²) < 4.78 is 10.4. The molecule has 0 bridgehead atoms. The second-order valence-corrected chi connectivity index (χ2v) is 5.37. The Labute approximate surface area is 124 Å². The van der Waals surface area contributed by atoms with Crippen LogP contribution in [0.2, 0.25) is 0 Å². The predicted molar refractivity (Wildman–Crippen MR) is 74.1 cm³/mol. The Morgan fingerprint density at radius 1 is 1.45 bits per heavy atom. The fourth-order valence-corrected chi connectivity index (χ4v) is 2.55. The highest BCUT2D eigenvalue weighted by atomic mass is 79.9. The minimum atomic E-state index is -1.91. The van der Waals surface area contributed by atoms with Gasteiger partial charge in [-0.05, 0) is 18.2 Å². The van der Waals surface area contributed by atoms with Gasteiger partial charge in [0.25, 0.3) is 5.91 Å². The largest absolute Gasteiger partial charge is 0.375 e. The Balaban J connectivity index is 2.33. The summed E-state index contributed by atoms with van der Waals surface area (Å²) in [4.78, 5) is 24.0. The first-order chi connectivity index (χ1) is 9.42. The lowest BCUT2D eigenvalue weighted by molar-refractivity contribution is -0.163. The number of fused-ring (bicyclic) bond motifs is 1. The number of rotatable bonds is 5. The summed E-state index contributed by atoms with van der Waals surface area (Å²) >= 11 is 3.27. The van der Waals surface area contributed by atoms with Gasteiger partial charge in [-0.1, -0.05) is 15.9 Å². The number of amides is 1. The number of ether oxygens (including phenoxy) is 2. The molecule has 2 N–H and O–H groups in total. The van der Waals surface area contributed by atoms with Crippen LogP contribution in [0, 0.1) is 0 Å². The molecule has 7 heteroatoms. The van der Waals surface area contributed by atoms with E-state index in [2.05, 4.69) is 21.2 Å². The Bertz CT molecular complexity index is 558. The second-order valence-electron chi connectivity index (χ2n) is 4.45. The third-order valence-electron chi connectivity index (χ3n) is 3.17. The summed E-state index contributed by atoms with van der Waals surface area (Å²) in [7, 11) is 2.63. The van der Waals surface area contributed by atoms with Gasteiger partial charge in [-0.2, -0.15) is 0 Å². The van der Waals surface area contributed by atoms with E-state index in [1.807, 2.05) is 0 Å². The quantitative estimate of drug-likeness (QED) is 0.784. The molecule has 0 unspecified atom stereocenters. The molecule has 1 aliphatic rings. The van der Waals surface area contributed by atoms with Gasteiger partial charge in [0.05, 0.1) is 6.42 Å². The molecule has 0 fully saturated rings. The number of hydrogen-bond acceptors (Lipinski definition) is 5. The number of halogens is 1. The molecule has 0 radical (unpaired) electrons. The molecule has 1 aromatic carbocycles. The van der Waals surface area contributed by atoms with Crippen LogP contribution in [0.4, 0.5) is 5.69 Å². The van der Waals surface area contributed by atoms with Crippen LogP contribution in [0.1, 0.15) is 12.0 Å². The molecular formula is C13H14BrNO5. The lowest BCUT2D eigenvalue weighted by Crippen LogP contribution is -2.40. The molecule has 0 spiro atoms. The van der Waals surface area contributed by atoms with Gasteiger partial charge in [0.15, 0.2) is 11.4 Å². The summed E-state index contributed by atoms with van der Waals surface area (Å²) in [5.74, 6) is -1.15. The smallest absolute Gasteiger partial charge is 0.261 e. The predicted octanol–water partition coefficient (Wildman–Crippen LogP) is 1.17. The molecule has 108 valence electrons. The Morgan fingerprint density at radius 2 is 2.10 bits per heavy atom. The summed E-state index contributed by atoms with van der Waals surface area (Å²) in [6, 6.07) is 5.00. The maximum Gasteiger partial charge on any atom is 0.261 e. The zero-order valence-corrected chi connectivity index (χ0v) is 12.6. The van der Waals surface area contributed by atoms with Crippen molar-refractivity contribution in [2.24, 2.45) is 0 Å². The normalized spacial score (nSPS) is 20.9. The van der Waals surface area contributed by atoms with Gasteiger partial charge >= 0.3 is 0 Å². The number of ketones is 1. The van der Waals surface area contributed by atoms with E-state index in [-0.39, 0.29) is 0 Å². The lowest BCUT2D eigenvalue weighted by Gasteiger charge is -2.22. The van der Waals surface area contributed by atoms with Crippen molar-refractivity contribution in [3.8, 4) is 0 Å². The molecule has 2 rings (SSSR count). The number of anilines is 1. The first-order valence-electron chi connectivity index (χ1n) is 5.84. The number of nitrogens with one attached hydrogen (secondary N) is 1. The average Bonchev–Trinajstić information content (AvgIpc) is 2.64. The van der Waals surface area contributed by atoms with Crippen LogP contribution in [0.15, 0.2) is 22.7 Å². The third kappa shape index (κ3) is 2.49. The fourth-order valence-electron chi connectivity index (χ4n) is 2.19. The second kappa shape index (κ2) is 5.61. The zero-order chi connectivity index (χ0) is 14.9. The molecule has 0 aromatic heterocycles. The van der Waals surface area contributed by atoms with Crippen molar-refractivity contribution in [1.82, 2.24) is 0 Å². The Morgan fingerprint density at radius 3 is 2.70 bits per heavy atom. The number of benzene rings is 1. The topological polar surface area (TPSA) is 84.9 Å². The van der Waals surface area contributed by atoms with Crippen molar-refractivity contribution in [1.29, 1.82) is 0 Å². The van der Waals surface area contributed by atoms with Crippen molar-refractivity contribution in [2.75, 3.05) is 19.5 Å². The average molecular weight is 344 g/mol. The Hall–Kier alpha value is -1.28. The van der Waals surface area contributed by atoms with Gasteiger partial charge in [0.1, 0.15) is 0 Å². The van der Waals surface area contributed by atoms with E-state index in [9.17, 15) is 14.7 Å². The van der Waals surface area contributed by atoms with E-state index >= 15 is 0 Å².